The van der Waals surface area contributed by atoms with Crippen molar-refractivity contribution in [3.63, 3.8) is 0 Å². The second kappa shape index (κ2) is 5.85. The predicted molar refractivity (Wildman–Crippen MR) is 76.1 cm³/mol. The molecule has 2 rings (SSSR count). The second-order valence-corrected chi connectivity index (χ2v) is 5.80. The molecule has 0 aliphatic carbocycles. The zero-order valence-electron chi connectivity index (χ0n) is 10.5. The number of hydrogen-bond acceptors (Lipinski definition) is 3. The molecule has 1 aromatic carbocycles. The minimum atomic E-state index is -0.234. The van der Waals surface area contributed by atoms with E-state index in [0.717, 1.165) is 47.9 Å². The van der Waals surface area contributed by atoms with Crippen LogP contribution in [0.5, 0.6) is 0 Å². The van der Waals surface area contributed by atoms with Gasteiger partial charge in [0.15, 0.2) is 6.29 Å². The molecule has 0 amide bonds. The summed E-state index contributed by atoms with van der Waals surface area (Å²) in [6.45, 7) is 3.66. The Labute approximate surface area is 116 Å². The molecule has 1 aliphatic heterocycles. The van der Waals surface area contributed by atoms with Gasteiger partial charge in [-0.15, -0.1) is 0 Å². The summed E-state index contributed by atoms with van der Waals surface area (Å²) < 4.78 is 0.923. The molecule has 1 N–H and O–H groups in total. The van der Waals surface area contributed by atoms with Crippen molar-refractivity contribution < 1.29 is 9.90 Å². The number of halogens is 1. The summed E-state index contributed by atoms with van der Waals surface area (Å²) >= 11 is 3.38. The van der Waals surface area contributed by atoms with Gasteiger partial charge in [-0.25, -0.2) is 0 Å². The van der Waals surface area contributed by atoms with Gasteiger partial charge in [-0.2, -0.15) is 0 Å². The molecule has 1 aromatic rings. The topological polar surface area (TPSA) is 40.5 Å². The lowest BCUT2D eigenvalue weighted by Crippen LogP contribution is -2.37. The monoisotopic (exact) mass is 311 g/mol. The standard InChI is InChI=1S/C14H18BrNO2/c1-10(18)11-4-6-16(7-5-11)14-3-2-13(15)8-12(14)9-17/h2-3,8-11,18H,4-7H2,1H3. The van der Waals surface area contributed by atoms with Gasteiger partial charge in [-0.05, 0) is 43.9 Å². The van der Waals surface area contributed by atoms with Crippen LogP contribution in [0.2, 0.25) is 0 Å². The number of aliphatic hydroxyl groups excluding tert-OH is 1. The van der Waals surface area contributed by atoms with E-state index < -0.39 is 0 Å². The normalized spacial score (nSPS) is 18.7. The molecule has 0 radical (unpaired) electrons. The van der Waals surface area contributed by atoms with Crippen LogP contribution < -0.4 is 4.90 Å². The molecule has 1 unspecified atom stereocenters. The highest BCUT2D eigenvalue weighted by Crippen LogP contribution is 2.28. The van der Waals surface area contributed by atoms with Crippen LogP contribution in [-0.2, 0) is 0 Å². The minimum absolute atomic E-state index is 0.234. The Bertz CT molecular complexity index is 426. The number of nitrogens with zero attached hydrogens (tertiary/aromatic N) is 1. The Morgan fingerprint density at radius 2 is 2.11 bits per heavy atom. The molecule has 0 bridgehead atoms. The van der Waals surface area contributed by atoms with Gasteiger partial charge in [-0.3, -0.25) is 4.79 Å². The summed E-state index contributed by atoms with van der Waals surface area (Å²) in [5, 5.41) is 9.59. The molecule has 0 saturated carbocycles. The number of aliphatic hydroxyl groups is 1. The summed E-state index contributed by atoms with van der Waals surface area (Å²) in [6, 6.07) is 5.79. The lowest BCUT2D eigenvalue weighted by molar-refractivity contribution is 0.109. The second-order valence-electron chi connectivity index (χ2n) is 4.89. The molecular weight excluding hydrogens is 294 g/mol. The maximum atomic E-state index is 11.1. The minimum Gasteiger partial charge on any atom is -0.393 e. The smallest absolute Gasteiger partial charge is 0.152 e. The fourth-order valence-electron chi connectivity index (χ4n) is 2.53. The summed E-state index contributed by atoms with van der Waals surface area (Å²) in [5.41, 5.74) is 1.72. The molecule has 1 aliphatic rings. The van der Waals surface area contributed by atoms with Crippen molar-refractivity contribution in [2.75, 3.05) is 18.0 Å². The van der Waals surface area contributed by atoms with Crippen molar-refractivity contribution in [2.24, 2.45) is 5.92 Å². The first-order chi connectivity index (χ1) is 8.61. The maximum Gasteiger partial charge on any atom is 0.152 e. The van der Waals surface area contributed by atoms with Crippen molar-refractivity contribution in [3.05, 3.63) is 28.2 Å². The van der Waals surface area contributed by atoms with Crippen molar-refractivity contribution in [3.8, 4) is 0 Å². The van der Waals surface area contributed by atoms with E-state index >= 15 is 0 Å². The van der Waals surface area contributed by atoms with E-state index in [9.17, 15) is 9.90 Å². The Kier molecular flexibility index (Phi) is 4.40. The summed E-state index contributed by atoms with van der Waals surface area (Å²) in [5.74, 6) is 0.386. The molecule has 1 fully saturated rings. The van der Waals surface area contributed by atoms with Crippen LogP contribution in [0.15, 0.2) is 22.7 Å². The number of aldehydes is 1. The lowest BCUT2D eigenvalue weighted by atomic mass is 9.91. The third-order valence-corrected chi connectivity index (χ3v) is 4.17. The Morgan fingerprint density at radius 3 is 2.67 bits per heavy atom. The highest BCUT2D eigenvalue weighted by molar-refractivity contribution is 9.10. The highest BCUT2D eigenvalue weighted by Gasteiger charge is 2.23. The van der Waals surface area contributed by atoms with Crippen molar-refractivity contribution in [1.82, 2.24) is 0 Å². The number of anilines is 1. The molecule has 4 heteroatoms. The molecular formula is C14H18BrNO2. The van der Waals surface area contributed by atoms with E-state index in [1.807, 2.05) is 25.1 Å². The van der Waals surface area contributed by atoms with E-state index in [1.54, 1.807) is 0 Å². The van der Waals surface area contributed by atoms with Gasteiger partial charge in [0.05, 0.1) is 6.10 Å². The van der Waals surface area contributed by atoms with Crippen LogP contribution >= 0.6 is 15.9 Å². The average molecular weight is 312 g/mol. The van der Waals surface area contributed by atoms with E-state index in [4.69, 9.17) is 0 Å². The molecule has 98 valence electrons. The third kappa shape index (κ3) is 2.93. The zero-order valence-corrected chi connectivity index (χ0v) is 12.1. The third-order valence-electron chi connectivity index (χ3n) is 3.68. The van der Waals surface area contributed by atoms with Crippen molar-refractivity contribution in [1.29, 1.82) is 0 Å². The Balaban J connectivity index is 2.12. The number of rotatable bonds is 3. The number of hydrogen-bond donors (Lipinski definition) is 1. The Hall–Kier alpha value is -0.870. The average Bonchev–Trinajstić information content (AvgIpc) is 2.38. The first kappa shape index (κ1) is 13.6. The van der Waals surface area contributed by atoms with E-state index in [0.29, 0.717) is 5.92 Å². The molecule has 0 aromatic heterocycles. The number of benzene rings is 1. The lowest BCUT2D eigenvalue weighted by Gasteiger charge is -2.35. The van der Waals surface area contributed by atoms with Gasteiger partial charge in [0.25, 0.3) is 0 Å². The van der Waals surface area contributed by atoms with Gasteiger partial charge in [0.2, 0.25) is 0 Å². The molecule has 1 atom stereocenters. The largest absolute Gasteiger partial charge is 0.393 e. The fourth-order valence-corrected chi connectivity index (χ4v) is 2.91. The van der Waals surface area contributed by atoms with Gasteiger partial charge in [0.1, 0.15) is 0 Å². The number of carbonyl (C=O) groups is 1. The summed E-state index contributed by atoms with van der Waals surface area (Å²) in [6.07, 6.45) is 2.63. The highest BCUT2D eigenvalue weighted by atomic mass is 79.9. The van der Waals surface area contributed by atoms with Crippen LogP contribution in [0.4, 0.5) is 5.69 Å². The van der Waals surface area contributed by atoms with Gasteiger partial charge in [-0.1, -0.05) is 15.9 Å². The molecule has 1 heterocycles. The van der Waals surface area contributed by atoms with Crippen LogP contribution in [0.25, 0.3) is 0 Å². The predicted octanol–water partition coefficient (Wildman–Crippen LogP) is 2.86. The molecule has 3 nitrogen and oxygen atoms in total. The van der Waals surface area contributed by atoms with E-state index in [2.05, 4.69) is 20.8 Å². The number of piperidine rings is 1. The van der Waals surface area contributed by atoms with Gasteiger partial charge in [0, 0.05) is 28.8 Å². The van der Waals surface area contributed by atoms with Crippen molar-refractivity contribution >= 4 is 27.9 Å². The van der Waals surface area contributed by atoms with Crippen LogP contribution in [0.3, 0.4) is 0 Å². The summed E-state index contributed by atoms with van der Waals surface area (Å²) in [7, 11) is 0. The SMILES string of the molecule is CC(O)C1CCN(c2ccc(Br)cc2C=O)CC1. The first-order valence-electron chi connectivity index (χ1n) is 6.29. The first-order valence-corrected chi connectivity index (χ1v) is 7.09. The molecule has 1 saturated heterocycles. The van der Waals surface area contributed by atoms with Crippen LogP contribution in [-0.4, -0.2) is 30.6 Å². The summed E-state index contributed by atoms with van der Waals surface area (Å²) in [4.78, 5) is 13.3. The molecule has 0 spiro atoms. The van der Waals surface area contributed by atoms with E-state index in [-0.39, 0.29) is 6.10 Å². The van der Waals surface area contributed by atoms with Gasteiger partial charge >= 0.3 is 0 Å². The zero-order chi connectivity index (χ0) is 13.1. The van der Waals surface area contributed by atoms with Gasteiger partial charge < -0.3 is 10.0 Å². The van der Waals surface area contributed by atoms with Crippen LogP contribution in [0.1, 0.15) is 30.1 Å². The fraction of sp³-hybridized carbons (Fsp3) is 0.500. The quantitative estimate of drug-likeness (QED) is 0.873. The van der Waals surface area contributed by atoms with Crippen LogP contribution in [0, 0.1) is 5.92 Å². The van der Waals surface area contributed by atoms with E-state index in [1.165, 1.54) is 0 Å². The maximum absolute atomic E-state index is 11.1. The number of carbonyl (C=O) groups excluding carboxylic acids is 1. The van der Waals surface area contributed by atoms with Crippen molar-refractivity contribution in [2.45, 2.75) is 25.9 Å². The molecule has 18 heavy (non-hydrogen) atoms. The Morgan fingerprint density at radius 1 is 1.44 bits per heavy atom.